The van der Waals surface area contributed by atoms with E-state index < -0.39 is 8.65 Å². The molecular weight excluding hydrogens is 503 g/mol. The molecule has 2 heterocycles. The molecule has 0 atom stereocenters. The standard InChI is InChI=1S/2C7H6N2.5ClH.Ru/c2*1-2-4-7-6(3-1)8-5-9-7;;;;;;/h2*1-5H,(H,8,9);5*1H;/q;;;;;;;+3/p-3. The number of rotatable bonds is 0. The van der Waals surface area contributed by atoms with Crippen molar-refractivity contribution in [3.8, 4) is 0 Å². The molecule has 10 heteroatoms. The number of nitrogens with one attached hydrogen (secondary N) is 4. The van der Waals surface area contributed by atoms with Gasteiger partial charge in [-0.25, -0.2) is 19.9 Å². The molecule has 4 N–H and O–H groups in total. The molecule has 24 heavy (non-hydrogen) atoms. The Labute approximate surface area is 159 Å². The summed E-state index contributed by atoms with van der Waals surface area (Å²) in [5, 5.41) is 0. The minimum atomic E-state index is -4.11. The molecule has 0 aliphatic carbocycles. The summed E-state index contributed by atoms with van der Waals surface area (Å²) in [6, 6.07) is 16.2. The van der Waals surface area contributed by atoms with Gasteiger partial charge >= 0.3 is 57.1 Å². The van der Waals surface area contributed by atoms with Gasteiger partial charge in [0.1, 0.15) is 0 Å². The van der Waals surface area contributed by atoms with Crippen LogP contribution >= 0.6 is 48.5 Å². The fourth-order valence-corrected chi connectivity index (χ4v) is 1.85. The first kappa shape index (κ1) is 19.8. The van der Waals surface area contributed by atoms with Crippen molar-refractivity contribution in [2.75, 3.05) is 0 Å². The predicted molar refractivity (Wildman–Crippen MR) is 99.0 cm³/mol. The normalized spacial score (nSPS) is 12.5. The smallest absolute Gasteiger partial charge is 0.240 e. The molecule has 0 spiro atoms. The Hall–Kier alpha value is -0.547. The fraction of sp³-hybridized carbons (Fsp3) is 0. The molecule has 0 radical (unpaired) electrons. The van der Waals surface area contributed by atoms with Gasteiger partial charge in [0, 0.05) is 0 Å². The van der Waals surface area contributed by atoms with Crippen LogP contribution in [0.3, 0.4) is 0 Å². The molecule has 2 aromatic heterocycles. The number of para-hydroxylation sites is 4. The maximum absolute atomic E-state index is 5.02. The van der Waals surface area contributed by atoms with Crippen LogP contribution in [0, 0.1) is 0 Å². The molecule has 4 rings (SSSR count). The molecule has 0 saturated heterocycles. The van der Waals surface area contributed by atoms with E-state index in [1.807, 2.05) is 61.2 Å². The Morgan fingerprint density at radius 3 is 1.29 bits per heavy atom. The summed E-state index contributed by atoms with van der Waals surface area (Å²) in [6.45, 7) is 0. The van der Waals surface area contributed by atoms with E-state index in [9.17, 15) is 0 Å². The van der Waals surface area contributed by atoms with Crippen LogP contribution in [0.5, 0.6) is 0 Å². The molecule has 4 nitrogen and oxygen atoms in total. The van der Waals surface area contributed by atoms with Crippen LogP contribution < -0.4 is 9.97 Å². The zero-order valence-electron chi connectivity index (χ0n) is 12.0. The Bertz CT molecular complexity index is 770. The van der Waals surface area contributed by atoms with E-state index in [1.165, 1.54) is 0 Å². The second-order valence-corrected chi connectivity index (χ2v) is 30.8. The van der Waals surface area contributed by atoms with Gasteiger partial charge in [-0.3, -0.25) is 0 Å². The number of H-pyrrole nitrogens is 4. The molecule has 0 unspecified atom stereocenters. The summed E-state index contributed by atoms with van der Waals surface area (Å²) in [5.74, 6) is 0. The Balaban J connectivity index is 0.000000134. The van der Waals surface area contributed by atoms with E-state index >= 15 is 0 Å². The minimum Gasteiger partial charge on any atom is -0.244 e. The number of hydrogen-bond acceptors (Lipinski definition) is 0. The Morgan fingerprint density at radius 1 is 0.625 bits per heavy atom. The van der Waals surface area contributed by atoms with Crippen LogP contribution in [-0.4, -0.2) is 9.97 Å². The van der Waals surface area contributed by atoms with Gasteiger partial charge in [0.2, 0.25) is 12.7 Å². The molecule has 0 aliphatic heterocycles. The second-order valence-electron chi connectivity index (χ2n) is 4.46. The molecule has 0 fully saturated rings. The summed E-state index contributed by atoms with van der Waals surface area (Å²) in [4.78, 5) is 12.3. The Kier molecular flexibility index (Phi) is 6.77. The maximum Gasteiger partial charge on any atom is 0.240 e. The van der Waals surface area contributed by atoms with E-state index in [4.69, 9.17) is 48.5 Å². The molecule has 0 aliphatic rings. The van der Waals surface area contributed by atoms with Gasteiger partial charge < -0.3 is 0 Å². The summed E-state index contributed by atoms with van der Waals surface area (Å²) in [6.07, 6.45) is 3.65. The number of halogens is 5. The average molecular weight is 517 g/mol. The number of hydrogen-bond donors (Lipinski definition) is 2. The molecule has 133 valence electrons. The van der Waals surface area contributed by atoms with E-state index in [1.54, 1.807) is 0 Å². The molecule has 0 bridgehead atoms. The zero-order valence-corrected chi connectivity index (χ0v) is 17.5. The van der Waals surface area contributed by atoms with E-state index in [0.29, 0.717) is 0 Å². The van der Waals surface area contributed by atoms with Crippen LogP contribution in [0.2, 0.25) is 0 Å². The minimum absolute atomic E-state index is 1.15. The predicted octanol–water partition coefficient (Wildman–Crippen LogP) is 5.41. The zero-order chi connectivity index (χ0) is 17.7. The van der Waals surface area contributed by atoms with E-state index in [0.717, 1.165) is 22.1 Å². The Morgan fingerprint density at radius 2 is 0.958 bits per heavy atom. The quantitative estimate of drug-likeness (QED) is 0.294. The van der Waals surface area contributed by atoms with Gasteiger partial charge in [0.25, 0.3) is 0 Å². The summed E-state index contributed by atoms with van der Waals surface area (Å²) in [5.41, 5.74) is 4.60. The van der Waals surface area contributed by atoms with Crippen molar-refractivity contribution in [1.29, 1.82) is 0 Å². The molecule has 0 saturated carbocycles. The summed E-state index contributed by atoms with van der Waals surface area (Å²) < 4.78 is 0. The number of fused-ring (bicyclic) bond motifs is 2. The van der Waals surface area contributed by atoms with Crippen molar-refractivity contribution in [3.05, 3.63) is 61.2 Å². The van der Waals surface area contributed by atoms with Gasteiger partial charge in [0.15, 0.2) is 22.1 Å². The van der Waals surface area contributed by atoms with Crippen molar-refractivity contribution in [2.45, 2.75) is 0 Å². The first-order valence-electron chi connectivity index (χ1n) is 6.48. The molecule has 4 aromatic rings. The SMILES string of the molecule is [Cl][Ru-2]([Cl])([Cl])([Cl])[Cl].c1ccc2[nH+]c[nH]c2c1.c1ccc2[nH+]c[nH]c2c1. The molecular formula is C14H14Cl5N4Ru. The van der Waals surface area contributed by atoms with Crippen molar-refractivity contribution < 1.29 is 18.6 Å². The van der Waals surface area contributed by atoms with Crippen molar-refractivity contribution >= 4 is 70.5 Å². The van der Waals surface area contributed by atoms with Crippen LogP contribution in [0.15, 0.2) is 61.2 Å². The first-order valence-corrected chi connectivity index (χ1v) is 17.7. The third kappa shape index (κ3) is 8.02. The van der Waals surface area contributed by atoms with Crippen LogP contribution in [-0.2, 0) is 8.65 Å². The average Bonchev–Trinajstić information content (AvgIpc) is 3.14. The van der Waals surface area contributed by atoms with Gasteiger partial charge in [-0.1, -0.05) is 24.3 Å². The van der Waals surface area contributed by atoms with Crippen molar-refractivity contribution in [2.24, 2.45) is 0 Å². The van der Waals surface area contributed by atoms with Gasteiger partial charge in [0.05, 0.1) is 0 Å². The van der Waals surface area contributed by atoms with Gasteiger partial charge in [-0.15, -0.1) is 0 Å². The largest absolute Gasteiger partial charge is 0.244 e. The van der Waals surface area contributed by atoms with Crippen LogP contribution in [0.4, 0.5) is 0 Å². The number of aromatic nitrogens is 4. The summed E-state index contributed by atoms with van der Waals surface area (Å²) >= 11 is 0. The van der Waals surface area contributed by atoms with E-state index in [2.05, 4.69) is 19.9 Å². The van der Waals surface area contributed by atoms with Gasteiger partial charge in [-0.2, -0.15) is 0 Å². The molecule has 2 aromatic carbocycles. The van der Waals surface area contributed by atoms with Crippen LogP contribution in [0.1, 0.15) is 0 Å². The monoisotopic (exact) mass is 515 g/mol. The number of benzene rings is 2. The van der Waals surface area contributed by atoms with E-state index in [-0.39, 0.29) is 0 Å². The second kappa shape index (κ2) is 8.22. The van der Waals surface area contributed by atoms with Gasteiger partial charge in [-0.05, 0) is 24.3 Å². The maximum atomic E-state index is 5.02. The number of imidazole rings is 2. The first-order chi connectivity index (χ1) is 11.2. The fourth-order valence-electron chi connectivity index (χ4n) is 1.85. The van der Waals surface area contributed by atoms with Crippen LogP contribution in [0.25, 0.3) is 22.1 Å². The summed E-state index contributed by atoms with van der Waals surface area (Å²) in [7, 11) is 21.0. The van der Waals surface area contributed by atoms with Crippen molar-refractivity contribution in [1.82, 2.24) is 9.97 Å². The number of aromatic amines is 4. The third-order valence-corrected chi connectivity index (χ3v) is 2.76. The van der Waals surface area contributed by atoms with Crippen molar-refractivity contribution in [3.63, 3.8) is 0 Å². The molecule has 0 amide bonds. The topological polar surface area (TPSA) is 59.9 Å². The third-order valence-electron chi connectivity index (χ3n) is 2.76.